The van der Waals surface area contributed by atoms with E-state index in [9.17, 15) is 23.4 Å². The van der Waals surface area contributed by atoms with Crippen LogP contribution in [0.25, 0.3) is 21.8 Å². The number of phenolic OH excluding ortho intramolecular Hbond substituents is 1. The van der Waals surface area contributed by atoms with E-state index < -0.39 is 27.8 Å². The number of nitrogens with one attached hydrogen (secondary N) is 1. The number of aromatic hydroxyl groups is 1. The number of carbonyl (C=O) groups is 1. The van der Waals surface area contributed by atoms with E-state index in [1.807, 2.05) is 5.38 Å². The molecule has 0 aliphatic rings. The molecular formula is C35H36N4O6S2. The Morgan fingerprint density at radius 1 is 0.979 bits per heavy atom. The first-order valence-electron chi connectivity index (χ1n) is 14.9. The Kier molecular flexibility index (Phi) is 10.2. The van der Waals surface area contributed by atoms with Gasteiger partial charge in [-0.1, -0.05) is 30.3 Å². The van der Waals surface area contributed by atoms with Crippen molar-refractivity contribution in [3.8, 4) is 27.6 Å². The second-order valence-corrected chi connectivity index (χ2v) is 14.4. The number of rotatable bonds is 11. The molecule has 1 amide bonds. The molecular weight excluding hydrogens is 637 g/mol. The van der Waals surface area contributed by atoms with Gasteiger partial charge in [-0.15, -0.1) is 11.3 Å². The van der Waals surface area contributed by atoms with E-state index in [1.165, 1.54) is 16.2 Å². The van der Waals surface area contributed by atoms with Crippen LogP contribution in [0.1, 0.15) is 38.0 Å². The molecule has 10 nitrogen and oxygen atoms in total. The van der Waals surface area contributed by atoms with Gasteiger partial charge < -0.3 is 19.8 Å². The fourth-order valence-corrected chi connectivity index (χ4v) is 6.53. The van der Waals surface area contributed by atoms with E-state index in [2.05, 4.69) is 14.7 Å². The van der Waals surface area contributed by atoms with E-state index in [0.29, 0.717) is 17.7 Å². The number of hydrogen-bond acceptors (Lipinski definition) is 9. The van der Waals surface area contributed by atoms with Crippen LogP contribution in [0.15, 0.2) is 108 Å². The number of aliphatic hydroxyl groups excluding tert-OH is 1. The van der Waals surface area contributed by atoms with Crippen molar-refractivity contribution in [2.24, 2.45) is 0 Å². The number of pyridine rings is 1. The molecule has 244 valence electrons. The molecule has 0 saturated heterocycles. The molecule has 12 heteroatoms. The SMILES string of the molecule is CC(C)(C)OC(=O)N(CCc1ccc(NS(=O)(=O)c2ccc(-c3nc(-c4ccc(O)cc4)cs3)cc2)cc1)C[C@H](O)c1cccnc1. The minimum atomic E-state index is -3.85. The second kappa shape index (κ2) is 14.3. The summed E-state index contributed by atoms with van der Waals surface area (Å²) in [6.07, 6.45) is 2.15. The fourth-order valence-electron chi connectivity index (χ4n) is 4.64. The molecule has 0 spiro atoms. The Morgan fingerprint density at radius 3 is 2.30 bits per heavy atom. The lowest BCUT2D eigenvalue weighted by Gasteiger charge is -2.29. The quantitative estimate of drug-likeness (QED) is 0.138. The van der Waals surface area contributed by atoms with Crippen LogP contribution in [0.4, 0.5) is 10.5 Å². The monoisotopic (exact) mass is 672 g/mol. The van der Waals surface area contributed by atoms with Gasteiger partial charge in [0.15, 0.2) is 0 Å². The van der Waals surface area contributed by atoms with Crippen LogP contribution in [0.5, 0.6) is 5.75 Å². The number of benzene rings is 3. The van der Waals surface area contributed by atoms with Crippen molar-refractivity contribution in [1.82, 2.24) is 14.9 Å². The molecule has 0 aliphatic heterocycles. The topological polar surface area (TPSA) is 142 Å². The minimum Gasteiger partial charge on any atom is -0.508 e. The number of aliphatic hydroxyl groups is 1. The lowest BCUT2D eigenvalue weighted by molar-refractivity contribution is 0.0146. The summed E-state index contributed by atoms with van der Waals surface area (Å²) in [4.78, 5) is 23.2. The molecule has 2 heterocycles. The van der Waals surface area contributed by atoms with Crippen molar-refractivity contribution < 1.29 is 28.2 Å². The molecule has 5 rings (SSSR count). The summed E-state index contributed by atoms with van der Waals surface area (Å²) < 4.78 is 34.5. The normalized spacial score (nSPS) is 12.3. The molecule has 0 unspecified atom stereocenters. The highest BCUT2D eigenvalue weighted by Gasteiger charge is 2.25. The molecule has 3 N–H and O–H groups in total. The Hall–Kier alpha value is -4.78. The minimum absolute atomic E-state index is 0.0272. The number of thiazole rings is 1. The molecule has 0 fully saturated rings. The molecule has 0 radical (unpaired) electrons. The van der Waals surface area contributed by atoms with Crippen LogP contribution < -0.4 is 4.72 Å². The van der Waals surface area contributed by atoms with Gasteiger partial charge in [0.2, 0.25) is 0 Å². The van der Waals surface area contributed by atoms with Gasteiger partial charge in [0, 0.05) is 46.7 Å². The van der Waals surface area contributed by atoms with Crippen LogP contribution >= 0.6 is 11.3 Å². The molecule has 1 atom stereocenters. The molecule has 5 aromatic rings. The lowest BCUT2D eigenvalue weighted by Crippen LogP contribution is -2.40. The van der Waals surface area contributed by atoms with Gasteiger partial charge >= 0.3 is 6.09 Å². The Morgan fingerprint density at radius 2 is 1.66 bits per heavy atom. The maximum Gasteiger partial charge on any atom is 0.410 e. The molecule has 2 aromatic heterocycles. The summed E-state index contributed by atoms with van der Waals surface area (Å²) in [5, 5.41) is 22.9. The zero-order valence-electron chi connectivity index (χ0n) is 26.2. The van der Waals surface area contributed by atoms with E-state index in [1.54, 1.807) is 118 Å². The van der Waals surface area contributed by atoms with Crippen molar-refractivity contribution in [3.63, 3.8) is 0 Å². The molecule has 3 aromatic carbocycles. The summed E-state index contributed by atoms with van der Waals surface area (Å²) in [5.41, 5.74) is 3.59. The number of anilines is 1. The van der Waals surface area contributed by atoms with Gasteiger partial charge in [0.25, 0.3) is 10.0 Å². The maximum atomic E-state index is 13.1. The lowest BCUT2D eigenvalue weighted by atomic mass is 10.1. The van der Waals surface area contributed by atoms with Crippen molar-refractivity contribution in [3.05, 3.63) is 114 Å². The fraction of sp³-hybridized carbons (Fsp3) is 0.229. The highest BCUT2D eigenvalue weighted by atomic mass is 32.2. The number of amides is 1. The number of aromatic nitrogens is 2. The van der Waals surface area contributed by atoms with Crippen molar-refractivity contribution in [1.29, 1.82) is 0 Å². The van der Waals surface area contributed by atoms with Crippen molar-refractivity contribution in [2.45, 2.75) is 43.8 Å². The van der Waals surface area contributed by atoms with E-state index in [0.717, 1.165) is 27.4 Å². The van der Waals surface area contributed by atoms with E-state index >= 15 is 0 Å². The van der Waals surface area contributed by atoms with Gasteiger partial charge in [-0.05, 0) is 87.4 Å². The van der Waals surface area contributed by atoms with Crippen LogP contribution in [0.3, 0.4) is 0 Å². The molecule has 47 heavy (non-hydrogen) atoms. The van der Waals surface area contributed by atoms with Gasteiger partial charge in [0.05, 0.1) is 23.2 Å². The predicted molar refractivity (Wildman–Crippen MR) is 183 cm³/mol. The van der Waals surface area contributed by atoms with Crippen molar-refractivity contribution in [2.75, 3.05) is 17.8 Å². The summed E-state index contributed by atoms with van der Waals surface area (Å²) in [7, 11) is -3.85. The van der Waals surface area contributed by atoms with Crippen LogP contribution in [-0.2, 0) is 21.2 Å². The Labute approximate surface area is 278 Å². The number of ether oxygens (including phenoxy) is 1. The Balaban J connectivity index is 1.21. The first kappa shape index (κ1) is 33.6. The number of sulfonamides is 1. The third kappa shape index (κ3) is 9.16. The standard InChI is InChI=1S/C35H36N4O6S2/c1-35(2,3)45-34(42)39(22-32(41)27-5-4-19-36-21-27)20-18-24-6-12-28(13-7-24)38-47(43,44)30-16-10-26(11-17-30)33-37-31(23-46-33)25-8-14-29(40)15-9-25/h4-17,19,21,23,32,38,40-41H,18,20,22H2,1-3H3/t32-/m0/s1. The smallest absolute Gasteiger partial charge is 0.410 e. The number of nitrogens with zero attached hydrogens (tertiary/aromatic N) is 3. The first-order chi connectivity index (χ1) is 22.4. The van der Waals surface area contributed by atoms with Crippen LogP contribution in [0.2, 0.25) is 0 Å². The highest BCUT2D eigenvalue weighted by Crippen LogP contribution is 2.30. The first-order valence-corrected chi connectivity index (χ1v) is 17.3. The number of hydrogen-bond donors (Lipinski definition) is 3. The molecule has 0 aliphatic carbocycles. The zero-order chi connectivity index (χ0) is 33.6. The summed E-state index contributed by atoms with van der Waals surface area (Å²) in [6, 6.07) is 23.7. The molecule has 0 saturated carbocycles. The summed E-state index contributed by atoms with van der Waals surface area (Å²) in [5.74, 6) is 0.183. The summed E-state index contributed by atoms with van der Waals surface area (Å²) in [6.45, 7) is 5.65. The third-order valence-electron chi connectivity index (χ3n) is 7.07. The van der Waals surface area contributed by atoms with Crippen LogP contribution in [-0.4, -0.2) is 58.3 Å². The zero-order valence-corrected chi connectivity index (χ0v) is 27.8. The summed E-state index contributed by atoms with van der Waals surface area (Å²) >= 11 is 1.45. The van der Waals surface area contributed by atoms with E-state index in [4.69, 9.17) is 4.74 Å². The molecule has 0 bridgehead atoms. The predicted octanol–water partition coefficient (Wildman–Crippen LogP) is 6.89. The Bertz CT molecular complexity index is 1890. The largest absolute Gasteiger partial charge is 0.508 e. The van der Waals surface area contributed by atoms with Crippen LogP contribution in [0, 0.1) is 0 Å². The highest BCUT2D eigenvalue weighted by molar-refractivity contribution is 7.92. The van der Waals surface area contributed by atoms with Gasteiger partial charge in [0.1, 0.15) is 16.4 Å². The third-order valence-corrected chi connectivity index (χ3v) is 9.36. The van der Waals surface area contributed by atoms with Gasteiger partial charge in [-0.2, -0.15) is 0 Å². The average Bonchev–Trinajstić information content (AvgIpc) is 3.54. The van der Waals surface area contributed by atoms with Crippen molar-refractivity contribution >= 4 is 33.1 Å². The number of phenols is 1. The average molecular weight is 673 g/mol. The second-order valence-electron chi connectivity index (χ2n) is 11.9. The van der Waals surface area contributed by atoms with Gasteiger partial charge in [-0.25, -0.2) is 18.2 Å². The number of carbonyl (C=O) groups excluding carboxylic acids is 1. The maximum absolute atomic E-state index is 13.1. The van der Waals surface area contributed by atoms with E-state index in [-0.39, 0.29) is 23.7 Å². The van der Waals surface area contributed by atoms with Gasteiger partial charge in [-0.3, -0.25) is 9.71 Å².